The Balaban J connectivity index is 2.95. The third-order valence-electron chi connectivity index (χ3n) is 2.26. The first-order valence-electron chi connectivity index (χ1n) is 4.94. The fourth-order valence-electron chi connectivity index (χ4n) is 1.50. The van der Waals surface area contributed by atoms with Crippen LogP contribution < -0.4 is 10.2 Å². The Kier molecular flexibility index (Phi) is 4.88. The van der Waals surface area contributed by atoms with Crippen molar-refractivity contribution in [1.82, 2.24) is 5.32 Å². The summed E-state index contributed by atoms with van der Waals surface area (Å²) >= 11 is 5.95. The fraction of sp³-hybridized carbons (Fsp3) is 0.455. The molecule has 0 spiro atoms. The molecule has 0 bridgehead atoms. The predicted molar refractivity (Wildman–Crippen MR) is 64.6 cm³/mol. The second-order valence-corrected chi connectivity index (χ2v) is 3.88. The van der Waals surface area contributed by atoms with E-state index < -0.39 is 0 Å². The van der Waals surface area contributed by atoms with Crippen LogP contribution in [0.3, 0.4) is 0 Å². The molecule has 4 heteroatoms. The summed E-state index contributed by atoms with van der Waals surface area (Å²) in [5.74, 6) is 0. The van der Waals surface area contributed by atoms with Gasteiger partial charge in [0.05, 0.1) is 6.61 Å². The van der Waals surface area contributed by atoms with Gasteiger partial charge in [-0.3, -0.25) is 0 Å². The summed E-state index contributed by atoms with van der Waals surface area (Å²) in [6, 6.07) is 5.80. The topological polar surface area (TPSA) is 35.5 Å². The van der Waals surface area contributed by atoms with Gasteiger partial charge in [-0.2, -0.15) is 0 Å². The van der Waals surface area contributed by atoms with E-state index in [0.717, 1.165) is 17.3 Å². The van der Waals surface area contributed by atoms with Gasteiger partial charge in [0.2, 0.25) is 0 Å². The van der Waals surface area contributed by atoms with Gasteiger partial charge in [-0.15, -0.1) is 0 Å². The van der Waals surface area contributed by atoms with E-state index in [1.54, 1.807) is 0 Å². The Morgan fingerprint density at radius 3 is 2.80 bits per heavy atom. The summed E-state index contributed by atoms with van der Waals surface area (Å²) in [5, 5.41) is 12.7. The molecule has 0 unspecified atom stereocenters. The molecule has 0 atom stereocenters. The Morgan fingerprint density at radius 2 is 2.20 bits per heavy atom. The lowest BCUT2D eigenvalue weighted by atomic mass is 10.1. The monoisotopic (exact) mass is 228 g/mol. The van der Waals surface area contributed by atoms with Crippen LogP contribution in [0.15, 0.2) is 18.2 Å². The molecule has 84 valence electrons. The lowest BCUT2D eigenvalue weighted by Crippen LogP contribution is -2.23. The Labute approximate surface area is 95.7 Å². The van der Waals surface area contributed by atoms with Gasteiger partial charge < -0.3 is 15.3 Å². The van der Waals surface area contributed by atoms with Crippen molar-refractivity contribution >= 4 is 17.3 Å². The number of likely N-dealkylation sites (N-methyl/N-ethyl adjacent to an activating group) is 1. The van der Waals surface area contributed by atoms with Crippen LogP contribution in [0.2, 0.25) is 5.02 Å². The van der Waals surface area contributed by atoms with Gasteiger partial charge in [-0.25, -0.2) is 0 Å². The summed E-state index contributed by atoms with van der Waals surface area (Å²) in [5.41, 5.74) is 2.24. The first kappa shape index (κ1) is 12.3. The zero-order valence-corrected chi connectivity index (χ0v) is 9.88. The number of nitrogens with zero attached hydrogens (tertiary/aromatic N) is 1. The normalized spacial score (nSPS) is 10.4. The number of benzene rings is 1. The Morgan fingerprint density at radius 1 is 1.47 bits per heavy atom. The van der Waals surface area contributed by atoms with Gasteiger partial charge >= 0.3 is 0 Å². The molecule has 0 saturated carbocycles. The van der Waals surface area contributed by atoms with E-state index in [4.69, 9.17) is 16.7 Å². The summed E-state index contributed by atoms with van der Waals surface area (Å²) in [6.45, 7) is 1.54. The van der Waals surface area contributed by atoms with Gasteiger partial charge in [0.25, 0.3) is 0 Å². The summed E-state index contributed by atoms with van der Waals surface area (Å²) in [6.07, 6.45) is 0. The third-order valence-corrected chi connectivity index (χ3v) is 2.50. The maximum absolute atomic E-state index is 8.90. The highest BCUT2D eigenvalue weighted by atomic mass is 35.5. The molecule has 3 nitrogen and oxygen atoms in total. The van der Waals surface area contributed by atoms with Gasteiger partial charge in [-0.1, -0.05) is 17.7 Å². The molecule has 0 heterocycles. The van der Waals surface area contributed by atoms with Crippen LogP contribution in [-0.4, -0.2) is 32.4 Å². The standard InChI is InChI=1S/C11H17ClN2O/c1-13-8-9-3-4-10(12)7-11(9)14(2)5-6-15/h3-4,7,13,15H,5-6,8H2,1-2H3. The smallest absolute Gasteiger partial charge is 0.0606 e. The van der Waals surface area contributed by atoms with Gasteiger partial charge in [-0.05, 0) is 24.7 Å². The minimum Gasteiger partial charge on any atom is -0.395 e. The van der Waals surface area contributed by atoms with Crippen LogP contribution in [0.1, 0.15) is 5.56 Å². The van der Waals surface area contributed by atoms with Gasteiger partial charge in [0.15, 0.2) is 0 Å². The van der Waals surface area contributed by atoms with E-state index in [0.29, 0.717) is 6.54 Å². The maximum atomic E-state index is 8.90. The first-order chi connectivity index (χ1) is 7.19. The number of halogens is 1. The molecule has 2 N–H and O–H groups in total. The average Bonchev–Trinajstić information content (AvgIpc) is 2.21. The molecule has 0 radical (unpaired) electrons. The minimum atomic E-state index is 0.141. The molecule has 1 aromatic carbocycles. The molecular weight excluding hydrogens is 212 g/mol. The molecule has 15 heavy (non-hydrogen) atoms. The number of aliphatic hydroxyl groups is 1. The molecule has 0 aliphatic heterocycles. The highest BCUT2D eigenvalue weighted by Gasteiger charge is 2.07. The number of hydrogen-bond donors (Lipinski definition) is 2. The number of aliphatic hydroxyl groups excluding tert-OH is 1. The van der Waals surface area contributed by atoms with E-state index in [-0.39, 0.29) is 6.61 Å². The van der Waals surface area contributed by atoms with E-state index in [9.17, 15) is 0 Å². The van der Waals surface area contributed by atoms with E-state index in [1.807, 2.05) is 37.2 Å². The average molecular weight is 229 g/mol. The maximum Gasteiger partial charge on any atom is 0.0606 e. The highest BCUT2D eigenvalue weighted by Crippen LogP contribution is 2.23. The van der Waals surface area contributed by atoms with Crippen LogP contribution in [0.25, 0.3) is 0 Å². The van der Waals surface area contributed by atoms with Crippen molar-refractivity contribution < 1.29 is 5.11 Å². The molecule has 0 aliphatic rings. The molecule has 0 aliphatic carbocycles. The number of hydrogen-bond acceptors (Lipinski definition) is 3. The fourth-order valence-corrected chi connectivity index (χ4v) is 1.67. The van der Waals surface area contributed by atoms with Crippen LogP contribution in [0.5, 0.6) is 0 Å². The predicted octanol–water partition coefficient (Wildman–Crippen LogP) is 1.49. The van der Waals surface area contributed by atoms with Crippen LogP contribution in [0.4, 0.5) is 5.69 Å². The van der Waals surface area contributed by atoms with E-state index in [2.05, 4.69) is 5.32 Å². The van der Waals surface area contributed by atoms with Crippen LogP contribution in [0, 0.1) is 0 Å². The van der Waals surface area contributed by atoms with Gasteiger partial charge in [0.1, 0.15) is 0 Å². The van der Waals surface area contributed by atoms with Crippen molar-refractivity contribution in [2.24, 2.45) is 0 Å². The SMILES string of the molecule is CNCc1ccc(Cl)cc1N(C)CCO. The Hall–Kier alpha value is -0.770. The number of anilines is 1. The largest absolute Gasteiger partial charge is 0.395 e. The van der Waals surface area contributed by atoms with Crippen molar-refractivity contribution in [1.29, 1.82) is 0 Å². The number of nitrogens with one attached hydrogen (secondary N) is 1. The summed E-state index contributed by atoms with van der Waals surface area (Å²) in [7, 11) is 3.85. The second kappa shape index (κ2) is 5.95. The molecule has 0 fully saturated rings. The van der Waals surface area contributed by atoms with Crippen molar-refractivity contribution in [2.45, 2.75) is 6.54 Å². The van der Waals surface area contributed by atoms with Crippen molar-refractivity contribution in [3.05, 3.63) is 28.8 Å². The van der Waals surface area contributed by atoms with Crippen LogP contribution >= 0.6 is 11.6 Å². The molecular formula is C11H17ClN2O. The second-order valence-electron chi connectivity index (χ2n) is 3.45. The molecule has 0 saturated heterocycles. The molecule has 0 aromatic heterocycles. The molecule has 1 aromatic rings. The van der Waals surface area contributed by atoms with E-state index >= 15 is 0 Å². The van der Waals surface area contributed by atoms with Crippen molar-refractivity contribution in [3.8, 4) is 0 Å². The third kappa shape index (κ3) is 3.38. The van der Waals surface area contributed by atoms with E-state index in [1.165, 1.54) is 5.56 Å². The summed E-state index contributed by atoms with van der Waals surface area (Å²) in [4.78, 5) is 2.00. The Bertz CT molecular complexity index is 317. The lowest BCUT2D eigenvalue weighted by molar-refractivity contribution is 0.304. The highest BCUT2D eigenvalue weighted by molar-refractivity contribution is 6.30. The molecule has 1 rings (SSSR count). The zero-order valence-electron chi connectivity index (χ0n) is 9.13. The summed E-state index contributed by atoms with van der Waals surface area (Å²) < 4.78 is 0. The van der Waals surface area contributed by atoms with Gasteiger partial charge in [0, 0.05) is 30.8 Å². The molecule has 0 amide bonds. The van der Waals surface area contributed by atoms with Crippen molar-refractivity contribution in [2.75, 3.05) is 32.1 Å². The zero-order chi connectivity index (χ0) is 11.3. The van der Waals surface area contributed by atoms with Crippen molar-refractivity contribution in [3.63, 3.8) is 0 Å². The quantitative estimate of drug-likeness (QED) is 0.802. The number of rotatable bonds is 5. The minimum absolute atomic E-state index is 0.141. The van der Waals surface area contributed by atoms with Crippen LogP contribution in [-0.2, 0) is 6.54 Å². The first-order valence-corrected chi connectivity index (χ1v) is 5.32. The lowest BCUT2D eigenvalue weighted by Gasteiger charge is -2.21.